The Hall–Kier alpha value is -3.17. The molecule has 0 spiro atoms. The highest BCUT2D eigenvalue weighted by molar-refractivity contribution is 7.92. The van der Waals surface area contributed by atoms with Crippen molar-refractivity contribution in [3.8, 4) is 0 Å². The second-order valence-electron chi connectivity index (χ2n) is 7.40. The van der Waals surface area contributed by atoms with Gasteiger partial charge in [0.1, 0.15) is 6.04 Å². The molecular formula is C21H18ClN3O5S. The van der Waals surface area contributed by atoms with Crippen molar-refractivity contribution in [2.45, 2.75) is 30.7 Å². The van der Waals surface area contributed by atoms with Crippen LogP contribution in [0.2, 0.25) is 5.02 Å². The molecule has 10 heteroatoms. The summed E-state index contributed by atoms with van der Waals surface area (Å²) < 4.78 is 27.8. The van der Waals surface area contributed by atoms with E-state index in [4.69, 9.17) is 11.6 Å². The zero-order valence-electron chi connectivity index (χ0n) is 16.4. The first-order chi connectivity index (χ1) is 14.6. The zero-order valence-corrected chi connectivity index (χ0v) is 18.0. The second-order valence-corrected chi connectivity index (χ2v) is 9.49. The van der Waals surface area contributed by atoms with Gasteiger partial charge < -0.3 is 5.32 Å². The molecule has 3 amide bonds. The predicted molar refractivity (Wildman–Crippen MR) is 114 cm³/mol. The largest absolute Gasteiger partial charge is 0.329 e. The molecule has 0 aromatic heterocycles. The van der Waals surface area contributed by atoms with E-state index in [-0.39, 0.29) is 28.1 Å². The van der Waals surface area contributed by atoms with E-state index < -0.39 is 33.8 Å². The summed E-state index contributed by atoms with van der Waals surface area (Å²) in [5.74, 6) is -1.71. The SMILES string of the molecule is C=C1CCC(N2C(=O)c3ccc(NS(=O)(=O)c4ccc(C)c(Cl)c4)cc3C2=O)C(=O)N1. The van der Waals surface area contributed by atoms with Crippen molar-refractivity contribution < 1.29 is 22.8 Å². The maximum absolute atomic E-state index is 12.9. The van der Waals surface area contributed by atoms with Gasteiger partial charge in [0.15, 0.2) is 0 Å². The molecule has 1 atom stereocenters. The lowest BCUT2D eigenvalue weighted by Gasteiger charge is -2.29. The predicted octanol–water partition coefficient (Wildman–Crippen LogP) is 2.84. The molecule has 2 aromatic carbocycles. The number of carbonyl (C=O) groups excluding carboxylic acids is 3. The molecule has 2 aliphatic heterocycles. The molecule has 2 heterocycles. The summed E-state index contributed by atoms with van der Waals surface area (Å²) in [5, 5.41) is 2.87. The van der Waals surface area contributed by atoms with E-state index in [9.17, 15) is 22.8 Å². The minimum Gasteiger partial charge on any atom is -0.329 e. The third-order valence-electron chi connectivity index (χ3n) is 5.26. The Balaban J connectivity index is 1.62. The van der Waals surface area contributed by atoms with E-state index >= 15 is 0 Å². The molecule has 1 saturated heterocycles. The molecule has 1 unspecified atom stereocenters. The number of anilines is 1. The highest BCUT2D eigenvalue weighted by Gasteiger charge is 2.44. The van der Waals surface area contributed by atoms with Gasteiger partial charge in [0.25, 0.3) is 21.8 Å². The number of hydrogen-bond acceptors (Lipinski definition) is 5. The summed E-state index contributed by atoms with van der Waals surface area (Å²) in [4.78, 5) is 38.8. The maximum atomic E-state index is 12.9. The fourth-order valence-electron chi connectivity index (χ4n) is 3.57. The smallest absolute Gasteiger partial charge is 0.262 e. The van der Waals surface area contributed by atoms with Gasteiger partial charge in [0.2, 0.25) is 5.91 Å². The summed E-state index contributed by atoms with van der Waals surface area (Å²) in [6.07, 6.45) is 0.734. The number of amides is 3. The number of benzene rings is 2. The Morgan fingerprint density at radius 3 is 2.48 bits per heavy atom. The lowest BCUT2D eigenvalue weighted by molar-refractivity contribution is -0.125. The average Bonchev–Trinajstić information content (AvgIpc) is 2.94. The Kier molecular flexibility index (Phi) is 5.10. The number of rotatable bonds is 4. The van der Waals surface area contributed by atoms with Gasteiger partial charge in [-0.15, -0.1) is 0 Å². The minimum absolute atomic E-state index is 0.0318. The first kappa shape index (κ1) is 21.1. The minimum atomic E-state index is -3.97. The summed E-state index contributed by atoms with van der Waals surface area (Å²) >= 11 is 6.03. The Morgan fingerprint density at radius 2 is 1.81 bits per heavy atom. The van der Waals surface area contributed by atoms with Crippen LogP contribution in [0.25, 0.3) is 0 Å². The molecule has 0 saturated carbocycles. The van der Waals surface area contributed by atoms with E-state index in [1.165, 1.54) is 30.3 Å². The molecule has 2 aliphatic rings. The highest BCUT2D eigenvalue weighted by Crippen LogP contribution is 2.31. The van der Waals surface area contributed by atoms with E-state index in [1.807, 2.05) is 0 Å². The van der Waals surface area contributed by atoms with E-state index in [0.29, 0.717) is 17.1 Å². The molecule has 4 rings (SSSR count). The van der Waals surface area contributed by atoms with Crippen LogP contribution in [0.1, 0.15) is 39.1 Å². The van der Waals surface area contributed by atoms with Gasteiger partial charge >= 0.3 is 0 Å². The van der Waals surface area contributed by atoms with Crippen LogP contribution >= 0.6 is 11.6 Å². The number of sulfonamides is 1. The molecular weight excluding hydrogens is 442 g/mol. The summed E-state index contributed by atoms with van der Waals surface area (Å²) in [6, 6.07) is 7.46. The lowest BCUT2D eigenvalue weighted by atomic mass is 10.0. The molecule has 160 valence electrons. The van der Waals surface area contributed by atoms with Crippen LogP contribution in [0, 0.1) is 6.92 Å². The van der Waals surface area contributed by atoms with Crippen molar-refractivity contribution in [3.63, 3.8) is 0 Å². The number of nitrogens with one attached hydrogen (secondary N) is 2. The molecule has 2 aromatic rings. The monoisotopic (exact) mass is 459 g/mol. The number of imide groups is 1. The molecule has 1 fully saturated rings. The molecule has 31 heavy (non-hydrogen) atoms. The molecule has 0 radical (unpaired) electrons. The quantitative estimate of drug-likeness (QED) is 0.682. The number of hydrogen-bond donors (Lipinski definition) is 2. The van der Waals surface area contributed by atoms with Gasteiger partial charge in [-0.25, -0.2) is 8.42 Å². The van der Waals surface area contributed by atoms with Crippen LogP contribution in [0.3, 0.4) is 0 Å². The molecule has 2 N–H and O–H groups in total. The van der Waals surface area contributed by atoms with Crippen LogP contribution in [-0.2, 0) is 14.8 Å². The Labute approximate surface area is 183 Å². The fourth-order valence-corrected chi connectivity index (χ4v) is 4.89. The summed E-state index contributed by atoms with van der Waals surface area (Å²) in [5.41, 5.74) is 1.52. The van der Waals surface area contributed by atoms with E-state index in [0.717, 1.165) is 10.5 Å². The van der Waals surface area contributed by atoms with Crippen LogP contribution in [-0.4, -0.2) is 37.1 Å². The van der Waals surface area contributed by atoms with Crippen molar-refractivity contribution in [2.75, 3.05) is 4.72 Å². The van der Waals surface area contributed by atoms with Crippen molar-refractivity contribution in [1.29, 1.82) is 0 Å². The third-order valence-corrected chi connectivity index (χ3v) is 7.04. The zero-order chi connectivity index (χ0) is 22.5. The Morgan fingerprint density at radius 1 is 1.10 bits per heavy atom. The number of allylic oxidation sites excluding steroid dienone is 1. The molecule has 8 nitrogen and oxygen atoms in total. The van der Waals surface area contributed by atoms with Crippen LogP contribution < -0.4 is 10.0 Å². The number of piperidine rings is 1. The van der Waals surface area contributed by atoms with E-state index in [1.54, 1.807) is 13.0 Å². The number of fused-ring (bicyclic) bond motifs is 1. The second kappa shape index (κ2) is 7.51. The van der Waals surface area contributed by atoms with Crippen LogP contribution in [0.5, 0.6) is 0 Å². The van der Waals surface area contributed by atoms with Crippen molar-refractivity contribution in [3.05, 3.63) is 70.4 Å². The Bertz CT molecular complexity index is 1270. The van der Waals surface area contributed by atoms with Gasteiger partial charge in [0.05, 0.1) is 16.0 Å². The number of carbonyl (C=O) groups is 3. The maximum Gasteiger partial charge on any atom is 0.262 e. The third kappa shape index (κ3) is 3.70. The van der Waals surface area contributed by atoms with Gasteiger partial charge in [-0.1, -0.05) is 24.2 Å². The number of nitrogens with zero attached hydrogens (tertiary/aromatic N) is 1. The van der Waals surface area contributed by atoms with Crippen molar-refractivity contribution >= 4 is 45.0 Å². The summed E-state index contributed by atoms with van der Waals surface area (Å²) in [7, 11) is -3.97. The fraction of sp³-hybridized carbons (Fsp3) is 0.190. The molecule has 0 bridgehead atoms. The standard InChI is InChI=1S/C21H18ClN3O5S/c1-11-3-6-14(10-17(11)22)31(29,30)24-13-5-7-15-16(9-13)21(28)25(20(15)27)18-8-4-12(2)23-19(18)26/h3,5-7,9-10,18,24H,2,4,8H2,1H3,(H,23,26). The van der Waals surface area contributed by atoms with Crippen LogP contribution in [0.15, 0.2) is 53.6 Å². The van der Waals surface area contributed by atoms with E-state index in [2.05, 4.69) is 16.6 Å². The topological polar surface area (TPSA) is 113 Å². The lowest BCUT2D eigenvalue weighted by Crippen LogP contribution is -2.51. The van der Waals surface area contributed by atoms with Gasteiger partial charge in [-0.3, -0.25) is 24.0 Å². The average molecular weight is 460 g/mol. The number of aryl methyl sites for hydroxylation is 1. The van der Waals surface area contributed by atoms with Gasteiger partial charge in [0, 0.05) is 16.4 Å². The van der Waals surface area contributed by atoms with Crippen molar-refractivity contribution in [2.24, 2.45) is 0 Å². The van der Waals surface area contributed by atoms with Gasteiger partial charge in [-0.2, -0.15) is 0 Å². The summed E-state index contributed by atoms with van der Waals surface area (Å²) in [6.45, 7) is 5.44. The molecule has 0 aliphatic carbocycles. The number of halogens is 1. The van der Waals surface area contributed by atoms with Gasteiger partial charge in [-0.05, 0) is 55.7 Å². The first-order valence-electron chi connectivity index (χ1n) is 9.38. The first-order valence-corrected chi connectivity index (χ1v) is 11.2. The highest BCUT2D eigenvalue weighted by atomic mass is 35.5. The normalized spacial score (nSPS) is 18.8. The van der Waals surface area contributed by atoms with Crippen LogP contribution in [0.4, 0.5) is 5.69 Å². The van der Waals surface area contributed by atoms with Crippen molar-refractivity contribution in [1.82, 2.24) is 10.2 Å².